The monoisotopic (exact) mass is 389 g/mol. The van der Waals surface area contributed by atoms with E-state index in [2.05, 4.69) is 19.2 Å². The predicted molar refractivity (Wildman–Crippen MR) is 106 cm³/mol. The number of hydrogen-bond donors (Lipinski definition) is 1. The van der Waals surface area contributed by atoms with Crippen LogP contribution in [0.3, 0.4) is 0 Å². The first-order valence-corrected chi connectivity index (χ1v) is 9.67. The molecule has 0 bridgehead atoms. The number of amides is 1. The number of rotatable bonds is 3. The molecule has 0 heterocycles. The Morgan fingerprint density at radius 1 is 1.07 bits per heavy atom. The number of anilines is 1. The number of nitrogens with one attached hydrogen (secondary N) is 1. The molecule has 0 saturated heterocycles. The van der Waals surface area contributed by atoms with Crippen molar-refractivity contribution in [3.63, 3.8) is 0 Å². The Labute approximate surface area is 164 Å². The third-order valence-electron chi connectivity index (χ3n) is 5.71. The van der Waals surface area contributed by atoms with Crippen molar-refractivity contribution in [3.8, 4) is 0 Å². The summed E-state index contributed by atoms with van der Waals surface area (Å²) < 4.78 is 39.3. The molecule has 2 aromatic rings. The van der Waals surface area contributed by atoms with E-state index in [0.717, 1.165) is 29.7 Å². The van der Waals surface area contributed by atoms with Crippen LogP contribution in [-0.2, 0) is 11.0 Å². The van der Waals surface area contributed by atoms with E-state index in [1.54, 1.807) is 12.1 Å². The van der Waals surface area contributed by atoms with Gasteiger partial charge in [0.1, 0.15) is 0 Å². The fourth-order valence-corrected chi connectivity index (χ4v) is 4.41. The quantitative estimate of drug-likeness (QED) is 0.626. The number of aryl methyl sites for hydroxylation is 1. The summed E-state index contributed by atoms with van der Waals surface area (Å²) >= 11 is 0. The maximum absolute atomic E-state index is 13.1. The van der Waals surface area contributed by atoms with Crippen molar-refractivity contribution in [2.24, 2.45) is 5.92 Å². The van der Waals surface area contributed by atoms with Crippen LogP contribution in [0.5, 0.6) is 0 Å². The van der Waals surface area contributed by atoms with Crippen molar-refractivity contribution in [2.45, 2.75) is 58.5 Å². The van der Waals surface area contributed by atoms with Crippen molar-refractivity contribution in [1.82, 2.24) is 0 Å². The molecule has 1 N–H and O–H groups in total. The lowest BCUT2D eigenvalue weighted by Gasteiger charge is -2.35. The summed E-state index contributed by atoms with van der Waals surface area (Å²) in [6.45, 7) is 7.37. The lowest BCUT2D eigenvalue weighted by Crippen LogP contribution is -2.20. The van der Waals surface area contributed by atoms with Crippen LogP contribution in [0.25, 0.3) is 0 Å². The summed E-state index contributed by atoms with van der Waals surface area (Å²) in [5, 5.41) is 2.84. The third kappa shape index (κ3) is 4.08. The number of benzene rings is 2. The summed E-state index contributed by atoms with van der Waals surface area (Å²) in [6, 6.07) is 10.4. The maximum Gasteiger partial charge on any atom is 0.416 e. The second kappa shape index (κ2) is 7.61. The minimum Gasteiger partial charge on any atom is -0.326 e. The van der Waals surface area contributed by atoms with Gasteiger partial charge in [-0.05, 0) is 72.1 Å². The van der Waals surface area contributed by atoms with Gasteiger partial charge in [0.15, 0.2) is 0 Å². The molecule has 1 aliphatic rings. The van der Waals surface area contributed by atoms with Gasteiger partial charge in [0.05, 0.1) is 5.56 Å². The fourth-order valence-electron chi connectivity index (χ4n) is 4.41. The topological polar surface area (TPSA) is 29.1 Å². The van der Waals surface area contributed by atoms with Crippen LogP contribution in [-0.4, -0.2) is 5.91 Å². The zero-order chi connectivity index (χ0) is 20.6. The van der Waals surface area contributed by atoms with Gasteiger partial charge in [-0.25, -0.2) is 0 Å². The minimum absolute atomic E-state index is 0.0670. The molecule has 2 aromatic carbocycles. The first kappa shape index (κ1) is 20.4. The number of alkyl halides is 3. The lowest BCUT2D eigenvalue weighted by atomic mass is 9.70. The van der Waals surface area contributed by atoms with E-state index in [1.165, 1.54) is 25.5 Å². The Kier molecular flexibility index (Phi) is 5.55. The second-order valence-corrected chi connectivity index (χ2v) is 8.08. The highest BCUT2D eigenvalue weighted by atomic mass is 19.4. The number of carbonyl (C=O) groups is 1. The molecular formula is C23H26F3NO. The van der Waals surface area contributed by atoms with E-state index in [9.17, 15) is 18.0 Å². The highest BCUT2D eigenvalue weighted by molar-refractivity contribution is 5.88. The van der Waals surface area contributed by atoms with E-state index in [-0.39, 0.29) is 17.4 Å². The zero-order valence-corrected chi connectivity index (χ0v) is 16.7. The molecule has 2 nitrogen and oxygen atoms in total. The number of carbonyl (C=O) groups excluding carboxylic acids is 1. The number of hydrogen-bond acceptors (Lipinski definition) is 1. The van der Waals surface area contributed by atoms with E-state index >= 15 is 0 Å². The normalized spacial score (nSPS) is 19.4. The van der Waals surface area contributed by atoms with E-state index in [4.69, 9.17) is 0 Å². The van der Waals surface area contributed by atoms with Crippen molar-refractivity contribution >= 4 is 11.6 Å². The third-order valence-corrected chi connectivity index (χ3v) is 5.71. The molecule has 1 aliphatic carbocycles. The average molecular weight is 389 g/mol. The molecule has 0 aliphatic heterocycles. The molecule has 28 heavy (non-hydrogen) atoms. The Morgan fingerprint density at radius 2 is 1.79 bits per heavy atom. The van der Waals surface area contributed by atoms with Crippen molar-refractivity contribution in [1.29, 1.82) is 0 Å². The van der Waals surface area contributed by atoms with Gasteiger partial charge in [0, 0.05) is 18.5 Å². The summed E-state index contributed by atoms with van der Waals surface area (Å²) in [5.41, 5.74) is 3.70. The minimum atomic E-state index is -4.33. The highest BCUT2D eigenvalue weighted by Crippen LogP contribution is 2.46. The van der Waals surface area contributed by atoms with Crippen LogP contribution in [0, 0.1) is 12.8 Å². The Hall–Kier alpha value is -2.30. The van der Waals surface area contributed by atoms with Crippen LogP contribution >= 0.6 is 0 Å². The van der Waals surface area contributed by atoms with Crippen LogP contribution in [0.15, 0.2) is 36.4 Å². The standard InChI is InChI=1S/C23H26F3NO/c1-13(2)18-8-9-19(16-5-10-22(14(3)11-16)23(24,25)26)20-7-6-17(12-21(18)20)27-15(4)28/h5-7,10-13,18-19H,8-9H2,1-4H3,(H,27,28). The Balaban J connectivity index is 2.04. The van der Waals surface area contributed by atoms with Gasteiger partial charge in [0.2, 0.25) is 5.91 Å². The molecular weight excluding hydrogens is 363 g/mol. The summed E-state index contributed by atoms with van der Waals surface area (Å²) in [4.78, 5) is 11.4. The van der Waals surface area contributed by atoms with Crippen molar-refractivity contribution < 1.29 is 18.0 Å². The molecule has 0 spiro atoms. The van der Waals surface area contributed by atoms with Crippen LogP contribution in [0.1, 0.15) is 73.3 Å². The van der Waals surface area contributed by atoms with Gasteiger partial charge < -0.3 is 5.32 Å². The van der Waals surface area contributed by atoms with Gasteiger partial charge in [-0.15, -0.1) is 0 Å². The maximum atomic E-state index is 13.1. The van der Waals surface area contributed by atoms with Crippen LogP contribution in [0.4, 0.5) is 18.9 Å². The van der Waals surface area contributed by atoms with Crippen LogP contribution in [0.2, 0.25) is 0 Å². The largest absolute Gasteiger partial charge is 0.416 e. The summed E-state index contributed by atoms with van der Waals surface area (Å²) in [6.07, 6.45) is -2.46. The molecule has 0 saturated carbocycles. The van der Waals surface area contributed by atoms with E-state index < -0.39 is 11.7 Å². The Morgan fingerprint density at radius 3 is 2.36 bits per heavy atom. The average Bonchev–Trinajstić information content (AvgIpc) is 2.58. The number of fused-ring (bicyclic) bond motifs is 1. The van der Waals surface area contributed by atoms with Gasteiger partial charge in [0.25, 0.3) is 0 Å². The van der Waals surface area contributed by atoms with E-state index in [0.29, 0.717) is 11.8 Å². The molecule has 0 radical (unpaired) electrons. The first-order valence-electron chi connectivity index (χ1n) is 9.67. The lowest BCUT2D eigenvalue weighted by molar-refractivity contribution is -0.138. The second-order valence-electron chi connectivity index (χ2n) is 8.08. The fraction of sp³-hybridized carbons (Fsp3) is 0.435. The Bertz CT molecular complexity index is 886. The van der Waals surface area contributed by atoms with Crippen LogP contribution < -0.4 is 5.32 Å². The molecule has 150 valence electrons. The molecule has 2 atom stereocenters. The summed E-state index contributed by atoms with van der Waals surface area (Å²) in [5.74, 6) is 0.765. The highest BCUT2D eigenvalue weighted by Gasteiger charge is 2.34. The van der Waals surface area contributed by atoms with Gasteiger partial charge in [-0.3, -0.25) is 4.79 Å². The predicted octanol–water partition coefficient (Wildman–Crippen LogP) is 6.64. The summed E-state index contributed by atoms with van der Waals surface area (Å²) in [7, 11) is 0. The van der Waals surface area contributed by atoms with Crippen molar-refractivity contribution in [2.75, 3.05) is 5.32 Å². The molecule has 3 rings (SSSR count). The van der Waals surface area contributed by atoms with Crippen molar-refractivity contribution in [3.05, 3.63) is 64.2 Å². The van der Waals surface area contributed by atoms with Gasteiger partial charge in [-0.1, -0.05) is 32.0 Å². The smallest absolute Gasteiger partial charge is 0.326 e. The van der Waals surface area contributed by atoms with Gasteiger partial charge in [-0.2, -0.15) is 13.2 Å². The van der Waals surface area contributed by atoms with E-state index in [1.807, 2.05) is 18.2 Å². The molecule has 1 amide bonds. The SMILES string of the molecule is CC(=O)Nc1ccc2c(c1)C(C(C)C)CCC2c1ccc(C(F)(F)F)c(C)c1. The molecule has 2 unspecified atom stereocenters. The molecule has 0 fully saturated rings. The first-order chi connectivity index (χ1) is 13.1. The number of halogens is 3. The molecule has 0 aromatic heterocycles. The zero-order valence-electron chi connectivity index (χ0n) is 16.7. The molecule has 5 heteroatoms. The van der Waals surface area contributed by atoms with Gasteiger partial charge >= 0.3 is 6.18 Å².